The van der Waals surface area contributed by atoms with Gasteiger partial charge in [-0.3, -0.25) is 14.6 Å². The number of pyridine rings is 1. The highest BCUT2D eigenvalue weighted by molar-refractivity contribution is 5.94. The summed E-state index contributed by atoms with van der Waals surface area (Å²) in [6, 6.07) is 1.59. The average molecular weight is 333 g/mol. The van der Waals surface area contributed by atoms with Crippen LogP contribution in [0.25, 0.3) is 0 Å². The topological polar surface area (TPSA) is 62.3 Å². The molecule has 1 saturated carbocycles. The van der Waals surface area contributed by atoms with Gasteiger partial charge in [0.05, 0.1) is 11.8 Å². The molecule has 130 valence electrons. The molecule has 1 saturated heterocycles. The number of nitrogens with one attached hydrogen (secondary N) is 1. The fourth-order valence-corrected chi connectivity index (χ4v) is 4.30. The molecule has 6 heteroatoms. The standard InChI is InChI=1S/C18H24FN3O2/c1-2-10-22-15-4-3-7-18(15,8-5-16(22)23)12-21-17(24)13-6-9-20-11-14(13)19/h6,9,11,15H,2-5,7-8,10,12H2,1H3,(H,21,24)/t15-,18+/m1/s1. The summed E-state index contributed by atoms with van der Waals surface area (Å²) in [5.41, 5.74) is -0.0457. The molecule has 2 fully saturated rings. The molecule has 2 heterocycles. The van der Waals surface area contributed by atoms with Gasteiger partial charge < -0.3 is 10.2 Å². The highest BCUT2D eigenvalue weighted by Gasteiger charge is 2.49. The molecule has 2 amide bonds. The number of carbonyl (C=O) groups excluding carboxylic acids is 2. The summed E-state index contributed by atoms with van der Waals surface area (Å²) in [5.74, 6) is -0.790. The van der Waals surface area contributed by atoms with E-state index in [1.54, 1.807) is 0 Å². The summed E-state index contributed by atoms with van der Waals surface area (Å²) in [6.07, 6.45) is 7.80. The van der Waals surface area contributed by atoms with Gasteiger partial charge in [0.1, 0.15) is 0 Å². The third-order valence-electron chi connectivity index (χ3n) is 5.48. The number of halogens is 1. The molecule has 0 bridgehead atoms. The molecule has 2 atom stereocenters. The summed E-state index contributed by atoms with van der Waals surface area (Å²) in [6.45, 7) is 3.34. The van der Waals surface area contributed by atoms with Gasteiger partial charge in [-0.05, 0) is 31.7 Å². The van der Waals surface area contributed by atoms with Crippen LogP contribution in [0.4, 0.5) is 4.39 Å². The molecule has 5 nitrogen and oxygen atoms in total. The molecule has 3 rings (SSSR count). The van der Waals surface area contributed by atoms with Crippen LogP contribution in [0, 0.1) is 11.2 Å². The Morgan fingerprint density at radius 2 is 2.33 bits per heavy atom. The minimum absolute atomic E-state index is 0.0215. The van der Waals surface area contributed by atoms with Crippen molar-refractivity contribution in [2.45, 2.75) is 51.5 Å². The summed E-state index contributed by atoms with van der Waals surface area (Å²) in [7, 11) is 0. The van der Waals surface area contributed by atoms with Gasteiger partial charge in [-0.2, -0.15) is 0 Å². The number of amides is 2. The van der Waals surface area contributed by atoms with Crippen molar-refractivity contribution in [1.29, 1.82) is 0 Å². The number of piperidine rings is 1. The largest absolute Gasteiger partial charge is 0.351 e. The van der Waals surface area contributed by atoms with Crippen LogP contribution in [-0.4, -0.2) is 40.8 Å². The summed E-state index contributed by atoms with van der Waals surface area (Å²) < 4.78 is 13.7. The Kier molecular flexibility index (Phi) is 4.83. The number of hydrogen-bond acceptors (Lipinski definition) is 3. The van der Waals surface area contributed by atoms with Crippen molar-refractivity contribution < 1.29 is 14.0 Å². The number of carbonyl (C=O) groups is 2. The first-order valence-corrected chi connectivity index (χ1v) is 8.74. The highest BCUT2D eigenvalue weighted by atomic mass is 19.1. The zero-order chi connectivity index (χ0) is 17.2. The van der Waals surface area contributed by atoms with Crippen LogP contribution in [-0.2, 0) is 4.79 Å². The van der Waals surface area contributed by atoms with Gasteiger partial charge in [-0.15, -0.1) is 0 Å². The quantitative estimate of drug-likeness (QED) is 0.901. The number of fused-ring (bicyclic) bond motifs is 1. The van der Waals surface area contributed by atoms with E-state index in [-0.39, 0.29) is 22.9 Å². The Balaban J connectivity index is 1.72. The SMILES string of the molecule is CCCN1C(=O)CC[C@]2(CNC(=O)c3ccncc3F)CCC[C@@H]12. The van der Waals surface area contributed by atoms with E-state index in [2.05, 4.69) is 17.2 Å². The predicted molar refractivity (Wildman–Crippen MR) is 87.8 cm³/mol. The van der Waals surface area contributed by atoms with E-state index in [4.69, 9.17) is 0 Å². The van der Waals surface area contributed by atoms with Crippen LogP contribution in [0.15, 0.2) is 18.5 Å². The molecule has 2 aliphatic rings. The second-order valence-electron chi connectivity index (χ2n) is 6.90. The minimum atomic E-state index is -0.609. The number of rotatable bonds is 5. The van der Waals surface area contributed by atoms with Crippen molar-refractivity contribution >= 4 is 11.8 Å². The van der Waals surface area contributed by atoms with Crippen LogP contribution in [0.3, 0.4) is 0 Å². The highest BCUT2D eigenvalue weighted by Crippen LogP contribution is 2.47. The normalized spacial score (nSPS) is 26.3. The second-order valence-corrected chi connectivity index (χ2v) is 6.90. The van der Waals surface area contributed by atoms with E-state index in [0.29, 0.717) is 13.0 Å². The molecule has 0 spiro atoms. The number of aromatic nitrogens is 1. The summed E-state index contributed by atoms with van der Waals surface area (Å²) in [5, 5.41) is 2.90. The van der Waals surface area contributed by atoms with Crippen molar-refractivity contribution in [3.05, 3.63) is 29.8 Å². The molecular formula is C18H24FN3O2. The van der Waals surface area contributed by atoms with Crippen molar-refractivity contribution in [3.8, 4) is 0 Å². The maximum Gasteiger partial charge on any atom is 0.254 e. The summed E-state index contributed by atoms with van der Waals surface area (Å²) in [4.78, 5) is 30.2. The smallest absolute Gasteiger partial charge is 0.254 e. The fourth-order valence-electron chi connectivity index (χ4n) is 4.30. The van der Waals surface area contributed by atoms with Gasteiger partial charge in [-0.1, -0.05) is 13.3 Å². The zero-order valence-electron chi connectivity index (χ0n) is 14.1. The van der Waals surface area contributed by atoms with Gasteiger partial charge in [0.25, 0.3) is 5.91 Å². The van der Waals surface area contributed by atoms with E-state index >= 15 is 0 Å². The third kappa shape index (κ3) is 3.01. The van der Waals surface area contributed by atoms with E-state index in [0.717, 1.165) is 44.8 Å². The lowest BCUT2D eigenvalue weighted by Gasteiger charge is -2.46. The van der Waals surface area contributed by atoms with Crippen molar-refractivity contribution in [3.63, 3.8) is 0 Å². The lowest BCUT2D eigenvalue weighted by Crippen LogP contribution is -2.56. The lowest BCUT2D eigenvalue weighted by atomic mass is 9.74. The van der Waals surface area contributed by atoms with Gasteiger partial charge in [0, 0.05) is 37.2 Å². The van der Waals surface area contributed by atoms with Crippen LogP contribution in [0.1, 0.15) is 55.8 Å². The maximum atomic E-state index is 13.7. The molecule has 1 aromatic heterocycles. The van der Waals surface area contributed by atoms with E-state index in [1.165, 1.54) is 12.3 Å². The first kappa shape index (κ1) is 16.9. The van der Waals surface area contributed by atoms with Crippen molar-refractivity contribution in [1.82, 2.24) is 15.2 Å². The van der Waals surface area contributed by atoms with Crippen LogP contribution in [0.5, 0.6) is 0 Å². The molecule has 0 aromatic carbocycles. The average Bonchev–Trinajstić information content (AvgIpc) is 3.00. The molecule has 1 aliphatic carbocycles. The molecule has 0 radical (unpaired) electrons. The van der Waals surface area contributed by atoms with Gasteiger partial charge in [-0.25, -0.2) is 4.39 Å². The minimum Gasteiger partial charge on any atom is -0.351 e. The predicted octanol–water partition coefficient (Wildman–Crippen LogP) is 2.52. The Morgan fingerprint density at radius 1 is 1.50 bits per heavy atom. The van der Waals surface area contributed by atoms with E-state index in [1.807, 2.05) is 4.90 Å². The molecular weight excluding hydrogens is 309 g/mol. The molecule has 1 N–H and O–H groups in total. The molecule has 0 unspecified atom stereocenters. The third-order valence-corrected chi connectivity index (χ3v) is 5.48. The summed E-state index contributed by atoms with van der Waals surface area (Å²) >= 11 is 0. The molecule has 24 heavy (non-hydrogen) atoms. The Hall–Kier alpha value is -1.98. The fraction of sp³-hybridized carbons (Fsp3) is 0.611. The zero-order valence-corrected chi connectivity index (χ0v) is 14.1. The van der Waals surface area contributed by atoms with E-state index < -0.39 is 11.7 Å². The van der Waals surface area contributed by atoms with Crippen LogP contribution >= 0.6 is 0 Å². The first-order valence-electron chi connectivity index (χ1n) is 8.74. The van der Waals surface area contributed by atoms with Crippen LogP contribution < -0.4 is 5.32 Å². The van der Waals surface area contributed by atoms with Gasteiger partial charge in [0.2, 0.25) is 5.91 Å². The molecule has 1 aliphatic heterocycles. The Bertz CT molecular complexity index is 636. The van der Waals surface area contributed by atoms with E-state index in [9.17, 15) is 14.0 Å². The second kappa shape index (κ2) is 6.87. The van der Waals surface area contributed by atoms with Crippen molar-refractivity contribution in [2.24, 2.45) is 5.41 Å². The Labute approximate surface area is 141 Å². The van der Waals surface area contributed by atoms with Gasteiger partial charge in [0.15, 0.2) is 5.82 Å². The van der Waals surface area contributed by atoms with Crippen molar-refractivity contribution in [2.75, 3.05) is 13.1 Å². The maximum absolute atomic E-state index is 13.7. The number of hydrogen-bond donors (Lipinski definition) is 1. The molecule has 1 aromatic rings. The van der Waals surface area contributed by atoms with Gasteiger partial charge >= 0.3 is 0 Å². The Morgan fingerprint density at radius 3 is 3.08 bits per heavy atom. The van der Waals surface area contributed by atoms with Crippen LogP contribution in [0.2, 0.25) is 0 Å². The number of nitrogens with zero attached hydrogens (tertiary/aromatic N) is 2. The monoisotopic (exact) mass is 333 g/mol. The lowest BCUT2D eigenvalue weighted by molar-refractivity contribution is -0.141. The number of likely N-dealkylation sites (tertiary alicyclic amines) is 1. The first-order chi connectivity index (χ1) is 11.6.